The summed E-state index contributed by atoms with van der Waals surface area (Å²) in [6.07, 6.45) is 11.8. The van der Waals surface area contributed by atoms with E-state index in [0.717, 1.165) is 26.1 Å². The average Bonchev–Trinajstić information content (AvgIpc) is 2.59. The molecule has 1 rings (SSSR count). The monoisotopic (exact) mass is 314 g/mol. The van der Waals surface area contributed by atoms with Crippen molar-refractivity contribution in [1.82, 2.24) is 0 Å². The Hall–Kier alpha value is -1.34. The van der Waals surface area contributed by atoms with Crippen LogP contribution in [0.3, 0.4) is 0 Å². The SMILES string of the molecule is C/C=C(\C)c1cccc(/C(C)=C/CCCOCCCCCC)c1. The van der Waals surface area contributed by atoms with Gasteiger partial charge in [0.25, 0.3) is 0 Å². The highest BCUT2D eigenvalue weighted by Crippen LogP contribution is 2.20. The third-order valence-electron chi connectivity index (χ3n) is 4.29. The van der Waals surface area contributed by atoms with Crippen molar-refractivity contribution >= 4 is 11.1 Å². The van der Waals surface area contributed by atoms with Crippen molar-refractivity contribution < 1.29 is 4.74 Å². The fourth-order valence-electron chi connectivity index (χ4n) is 2.53. The Morgan fingerprint density at radius 2 is 1.65 bits per heavy atom. The Morgan fingerprint density at radius 3 is 2.35 bits per heavy atom. The molecule has 0 unspecified atom stereocenters. The van der Waals surface area contributed by atoms with Crippen molar-refractivity contribution in [1.29, 1.82) is 0 Å². The maximum Gasteiger partial charge on any atom is 0.0468 e. The van der Waals surface area contributed by atoms with Gasteiger partial charge in [-0.15, -0.1) is 0 Å². The van der Waals surface area contributed by atoms with Crippen LogP contribution in [-0.2, 0) is 4.74 Å². The van der Waals surface area contributed by atoms with Crippen LogP contribution in [0.15, 0.2) is 36.4 Å². The van der Waals surface area contributed by atoms with E-state index in [0.29, 0.717) is 0 Å². The minimum atomic E-state index is 0.883. The Balaban J connectivity index is 2.32. The maximum absolute atomic E-state index is 5.70. The molecule has 0 atom stereocenters. The minimum Gasteiger partial charge on any atom is -0.381 e. The van der Waals surface area contributed by atoms with Gasteiger partial charge >= 0.3 is 0 Å². The van der Waals surface area contributed by atoms with Gasteiger partial charge in [0.15, 0.2) is 0 Å². The molecule has 0 radical (unpaired) electrons. The lowest BCUT2D eigenvalue weighted by Crippen LogP contribution is -1.96. The maximum atomic E-state index is 5.70. The molecule has 23 heavy (non-hydrogen) atoms. The summed E-state index contributed by atoms with van der Waals surface area (Å²) < 4.78 is 5.70. The highest BCUT2D eigenvalue weighted by Gasteiger charge is 1.99. The molecule has 0 aliphatic carbocycles. The molecule has 0 aliphatic heterocycles. The Bertz CT molecular complexity index is 496. The Morgan fingerprint density at radius 1 is 0.957 bits per heavy atom. The topological polar surface area (TPSA) is 9.23 Å². The second kappa shape index (κ2) is 12.1. The first-order valence-corrected chi connectivity index (χ1v) is 9.17. The molecule has 1 aromatic carbocycles. The summed E-state index contributed by atoms with van der Waals surface area (Å²) in [4.78, 5) is 0. The van der Waals surface area contributed by atoms with E-state index in [1.807, 2.05) is 0 Å². The predicted octanol–water partition coefficient (Wildman–Crippen LogP) is 6.89. The van der Waals surface area contributed by atoms with Gasteiger partial charge in [0.2, 0.25) is 0 Å². The molecule has 1 aromatic rings. The van der Waals surface area contributed by atoms with Crippen molar-refractivity contribution in [2.24, 2.45) is 0 Å². The highest BCUT2D eigenvalue weighted by atomic mass is 16.5. The van der Waals surface area contributed by atoms with Crippen molar-refractivity contribution in [2.75, 3.05) is 13.2 Å². The molecule has 0 aliphatic rings. The zero-order chi connectivity index (χ0) is 16.9. The van der Waals surface area contributed by atoms with Gasteiger partial charge in [-0.1, -0.05) is 56.5 Å². The van der Waals surface area contributed by atoms with E-state index in [-0.39, 0.29) is 0 Å². The predicted molar refractivity (Wildman–Crippen MR) is 104 cm³/mol. The van der Waals surface area contributed by atoms with E-state index in [2.05, 4.69) is 64.1 Å². The van der Waals surface area contributed by atoms with Crippen molar-refractivity contribution in [3.63, 3.8) is 0 Å². The quantitative estimate of drug-likeness (QED) is 0.404. The molecular formula is C22H34O. The highest BCUT2D eigenvalue weighted by molar-refractivity contribution is 5.70. The first-order valence-electron chi connectivity index (χ1n) is 9.17. The summed E-state index contributed by atoms with van der Waals surface area (Å²) in [6.45, 7) is 10.5. The molecule has 0 heterocycles. The molecular weight excluding hydrogens is 280 g/mol. The third kappa shape index (κ3) is 8.18. The lowest BCUT2D eigenvalue weighted by Gasteiger charge is -2.07. The normalized spacial score (nSPS) is 12.7. The van der Waals surface area contributed by atoms with E-state index in [1.54, 1.807) is 0 Å². The first kappa shape index (κ1) is 19.7. The third-order valence-corrected chi connectivity index (χ3v) is 4.29. The molecule has 0 saturated carbocycles. The summed E-state index contributed by atoms with van der Waals surface area (Å²) in [6, 6.07) is 8.81. The van der Waals surface area contributed by atoms with E-state index in [1.165, 1.54) is 48.0 Å². The summed E-state index contributed by atoms with van der Waals surface area (Å²) in [5.41, 5.74) is 5.33. The fraction of sp³-hybridized carbons (Fsp3) is 0.545. The number of allylic oxidation sites excluding steroid dienone is 4. The van der Waals surface area contributed by atoms with Gasteiger partial charge in [-0.3, -0.25) is 0 Å². The van der Waals surface area contributed by atoms with Crippen LogP contribution in [0.2, 0.25) is 0 Å². The lowest BCUT2D eigenvalue weighted by atomic mass is 10.00. The van der Waals surface area contributed by atoms with Crippen LogP contribution < -0.4 is 0 Å². The molecule has 0 bridgehead atoms. The zero-order valence-corrected chi connectivity index (χ0v) is 15.5. The standard InChI is InChI=1S/C22H34O/c1-5-7-8-10-16-23-17-11-9-13-20(4)22-15-12-14-21(18-22)19(3)6-2/h6,12-15,18H,5,7-11,16-17H2,1-4H3/b19-6+,20-13+. The summed E-state index contributed by atoms with van der Waals surface area (Å²) in [7, 11) is 0. The van der Waals surface area contributed by atoms with Crippen molar-refractivity contribution in [3.8, 4) is 0 Å². The van der Waals surface area contributed by atoms with E-state index >= 15 is 0 Å². The molecule has 0 fully saturated rings. The summed E-state index contributed by atoms with van der Waals surface area (Å²) in [5, 5.41) is 0. The Kier molecular flexibility index (Phi) is 10.4. The Labute approximate surface area is 143 Å². The molecule has 0 spiro atoms. The summed E-state index contributed by atoms with van der Waals surface area (Å²) in [5.74, 6) is 0. The van der Waals surface area contributed by atoms with Crippen LogP contribution in [0.25, 0.3) is 11.1 Å². The van der Waals surface area contributed by atoms with Crippen LogP contribution in [0, 0.1) is 0 Å². The number of ether oxygens (including phenoxy) is 1. The smallest absolute Gasteiger partial charge is 0.0468 e. The van der Waals surface area contributed by atoms with Gasteiger partial charge < -0.3 is 4.74 Å². The van der Waals surface area contributed by atoms with Crippen LogP contribution in [0.5, 0.6) is 0 Å². The van der Waals surface area contributed by atoms with Crippen LogP contribution in [0.4, 0.5) is 0 Å². The molecule has 0 saturated heterocycles. The second-order valence-electron chi connectivity index (χ2n) is 6.25. The number of rotatable bonds is 11. The van der Waals surface area contributed by atoms with Crippen LogP contribution in [0.1, 0.15) is 77.3 Å². The number of unbranched alkanes of at least 4 members (excludes halogenated alkanes) is 4. The average molecular weight is 315 g/mol. The van der Waals surface area contributed by atoms with E-state index in [9.17, 15) is 0 Å². The van der Waals surface area contributed by atoms with Gasteiger partial charge in [0, 0.05) is 13.2 Å². The fourth-order valence-corrected chi connectivity index (χ4v) is 2.53. The summed E-state index contributed by atoms with van der Waals surface area (Å²) >= 11 is 0. The largest absolute Gasteiger partial charge is 0.381 e. The number of hydrogen-bond acceptors (Lipinski definition) is 1. The second-order valence-corrected chi connectivity index (χ2v) is 6.25. The lowest BCUT2D eigenvalue weighted by molar-refractivity contribution is 0.128. The van der Waals surface area contributed by atoms with Crippen molar-refractivity contribution in [2.45, 2.75) is 66.2 Å². The van der Waals surface area contributed by atoms with Gasteiger partial charge in [-0.05, 0) is 68.4 Å². The van der Waals surface area contributed by atoms with Gasteiger partial charge in [-0.25, -0.2) is 0 Å². The molecule has 1 nitrogen and oxygen atoms in total. The van der Waals surface area contributed by atoms with E-state index in [4.69, 9.17) is 4.74 Å². The number of benzene rings is 1. The van der Waals surface area contributed by atoms with Gasteiger partial charge in [0.05, 0.1) is 0 Å². The van der Waals surface area contributed by atoms with Gasteiger partial charge in [0.1, 0.15) is 0 Å². The minimum absolute atomic E-state index is 0.883. The number of hydrogen-bond donors (Lipinski definition) is 0. The molecule has 0 amide bonds. The van der Waals surface area contributed by atoms with Crippen LogP contribution >= 0.6 is 0 Å². The molecule has 0 aromatic heterocycles. The first-order chi connectivity index (χ1) is 11.2. The molecule has 1 heteroatoms. The zero-order valence-electron chi connectivity index (χ0n) is 15.5. The molecule has 0 N–H and O–H groups in total. The van der Waals surface area contributed by atoms with Gasteiger partial charge in [-0.2, -0.15) is 0 Å². The van der Waals surface area contributed by atoms with E-state index < -0.39 is 0 Å². The van der Waals surface area contributed by atoms with Crippen LogP contribution in [-0.4, -0.2) is 13.2 Å². The van der Waals surface area contributed by atoms with Crippen molar-refractivity contribution in [3.05, 3.63) is 47.5 Å². The molecule has 128 valence electrons.